The van der Waals surface area contributed by atoms with Crippen molar-refractivity contribution in [3.8, 4) is 5.75 Å². The van der Waals surface area contributed by atoms with E-state index >= 15 is 0 Å². The fraction of sp³-hybridized carbons (Fsp3) is 0.263. The first-order chi connectivity index (χ1) is 11.6. The molecule has 0 fully saturated rings. The topological polar surface area (TPSA) is 55.4 Å². The molecule has 0 saturated carbocycles. The van der Waals surface area contributed by atoms with E-state index in [1.54, 1.807) is 24.9 Å². The second-order valence-corrected chi connectivity index (χ2v) is 6.74. The van der Waals surface area contributed by atoms with E-state index in [-0.39, 0.29) is 11.8 Å². The van der Waals surface area contributed by atoms with Gasteiger partial charge < -0.3 is 4.74 Å². The Balaban J connectivity index is 1.98. The first-order valence-corrected chi connectivity index (χ1v) is 8.79. The summed E-state index contributed by atoms with van der Waals surface area (Å²) in [4.78, 5) is 26.2. The van der Waals surface area contributed by atoms with E-state index < -0.39 is 0 Å². The van der Waals surface area contributed by atoms with Crippen molar-refractivity contribution in [3.63, 3.8) is 0 Å². The molecule has 4 nitrogen and oxygen atoms in total. The lowest BCUT2D eigenvalue weighted by Gasteiger charge is -2.12. The Morgan fingerprint density at radius 3 is 2.46 bits per heavy atom. The van der Waals surface area contributed by atoms with Crippen LogP contribution in [0.25, 0.3) is 0 Å². The van der Waals surface area contributed by atoms with Gasteiger partial charge in [0.25, 0.3) is 11.8 Å². The summed E-state index contributed by atoms with van der Waals surface area (Å²) in [5.41, 5.74) is 2.01. The largest absolute Gasteiger partial charge is 0.497 e. The molecule has 2 aromatic rings. The van der Waals surface area contributed by atoms with Gasteiger partial charge in [-0.2, -0.15) is 0 Å². The minimum atomic E-state index is -0.297. The predicted octanol–water partition coefficient (Wildman–Crippen LogP) is 4.07. The summed E-state index contributed by atoms with van der Waals surface area (Å²) in [6.45, 7) is 2.12. The van der Waals surface area contributed by atoms with Crippen LogP contribution in [-0.4, -0.2) is 18.9 Å². The van der Waals surface area contributed by atoms with Gasteiger partial charge in [0.05, 0.1) is 18.2 Å². The zero-order valence-corrected chi connectivity index (χ0v) is 14.5. The number of fused-ring (bicyclic) bond motifs is 1. The number of imide groups is 1. The van der Waals surface area contributed by atoms with Gasteiger partial charge in [-0.05, 0) is 54.8 Å². The molecule has 0 aliphatic carbocycles. The van der Waals surface area contributed by atoms with Crippen molar-refractivity contribution < 1.29 is 14.3 Å². The molecule has 124 valence electrons. The molecule has 1 aliphatic heterocycles. The van der Waals surface area contributed by atoms with E-state index in [1.807, 2.05) is 30.3 Å². The molecule has 0 aromatic heterocycles. The molecule has 2 aromatic carbocycles. The van der Waals surface area contributed by atoms with Crippen molar-refractivity contribution in [2.75, 3.05) is 7.11 Å². The van der Waals surface area contributed by atoms with E-state index in [4.69, 9.17) is 4.74 Å². The van der Waals surface area contributed by atoms with Gasteiger partial charge in [-0.3, -0.25) is 14.9 Å². The minimum absolute atomic E-state index is 0.279. The van der Waals surface area contributed by atoms with Crippen molar-refractivity contribution >= 4 is 23.6 Å². The van der Waals surface area contributed by atoms with E-state index in [0.717, 1.165) is 40.4 Å². The van der Waals surface area contributed by atoms with Crippen LogP contribution in [0.4, 0.5) is 0 Å². The zero-order valence-electron chi connectivity index (χ0n) is 13.7. The van der Waals surface area contributed by atoms with Gasteiger partial charge in [-0.15, -0.1) is 0 Å². The lowest BCUT2D eigenvalue weighted by atomic mass is 9.98. The molecule has 5 heteroatoms. The number of rotatable bonds is 6. The van der Waals surface area contributed by atoms with Crippen LogP contribution in [0.1, 0.15) is 46.0 Å². The molecule has 0 atom stereocenters. The van der Waals surface area contributed by atoms with Crippen LogP contribution in [0.15, 0.2) is 46.2 Å². The Bertz CT molecular complexity index is 784. The number of hydrogen-bond acceptors (Lipinski definition) is 4. The van der Waals surface area contributed by atoms with Crippen molar-refractivity contribution in [2.45, 2.75) is 36.0 Å². The minimum Gasteiger partial charge on any atom is -0.497 e. The number of amides is 2. The average Bonchev–Trinajstić information content (AvgIpc) is 2.89. The molecule has 1 heterocycles. The summed E-state index contributed by atoms with van der Waals surface area (Å²) in [7, 11) is 1.64. The van der Waals surface area contributed by atoms with E-state index in [1.165, 1.54) is 0 Å². The summed E-state index contributed by atoms with van der Waals surface area (Å²) in [6.07, 6.45) is 2.80. The third kappa shape index (κ3) is 3.17. The zero-order chi connectivity index (χ0) is 17.1. The molecule has 3 rings (SSSR count). The van der Waals surface area contributed by atoms with E-state index in [9.17, 15) is 9.59 Å². The second-order valence-electron chi connectivity index (χ2n) is 5.63. The monoisotopic (exact) mass is 341 g/mol. The number of nitrogens with one attached hydrogen (secondary N) is 1. The molecular weight excluding hydrogens is 322 g/mol. The Labute approximate surface area is 145 Å². The highest BCUT2D eigenvalue weighted by Crippen LogP contribution is 2.36. The van der Waals surface area contributed by atoms with Crippen molar-refractivity contribution in [1.29, 1.82) is 0 Å². The molecule has 0 spiro atoms. The molecule has 1 aliphatic rings. The van der Waals surface area contributed by atoms with Crippen LogP contribution in [-0.2, 0) is 6.42 Å². The summed E-state index contributed by atoms with van der Waals surface area (Å²) >= 11 is 1.61. The Morgan fingerprint density at radius 1 is 1.04 bits per heavy atom. The van der Waals surface area contributed by atoms with Gasteiger partial charge >= 0.3 is 0 Å². The fourth-order valence-electron chi connectivity index (χ4n) is 2.78. The van der Waals surface area contributed by atoms with Crippen molar-refractivity contribution in [3.05, 3.63) is 53.1 Å². The summed E-state index contributed by atoms with van der Waals surface area (Å²) in [5.74, 6) is 0.233. The maximum Gasteiger partial charge on any atom is 0.259 e. The first kappa shape index (κ1) is 16.6. The van der Waals surface area contributed by atoms with Crippen LogP contribution in [0.3, 0.4) is 0 Å². The van der Waals surface area contributed by atoms with Crippen LogP contribution >= 0.6 is 11.8 Å². The quantitative estimate of drug-likeness (QED) is 0.805. The molecule has 2 amide bonds. The molecule has 1 N–H and O–H groups in total. The SMILES string of the molecule is CCCCc1c(Sc2ccc(OC)cc2)ccc2c1C(=O)NC2=O. The van der Waals surface area contributed by atoms with Crippen molar-refractivity contribution in [2.24, 2.45) is 0 Å². The van der Waals surface area contributed by atoms with Gasteiger partial charge in [0.1, 0.15) is 5.75 Å². The number of carbonyl (C=O) groups excluding carboxylic acids is 2. The molecule has 0 bridgehead atoms. The maximum absolute atomic E-state index is 12.2. The van der Waals surface area contributed by atoms with Gasteiger partial charge in [-0.1, -0.05) is 25.1 Å². The standard InChI is InChI=1S/C19H19NO3S/c1-3-4-5-14-16(24-13-8-6-12(23-2)7-9-13)11-10-15-17(14)19(22)20-18(15)21/h6-11H,3-5H2,1-2H3,(H,20,21,22). The molecule has 0 unspecified atom stereocenters. The molecular formula is C19H19NO3S. The van der Waals surface area contributed by atoms with Crippen LogP contribution in [0.2, 0.25) is 0 Å². The highest BCUT2D eigenvalue weighted by molar-refractivity contribution is 7.99. The molecule has 0 saturated heterocycles. The normalized spacial score (nSPS) is 12.9. The number of ether oxygens (including phenoxy) is 1. The number of hydrogen-bond donors (Lipinski definition) is 1. The lowest BCUT2D eigenvalue weighted by Crippen LogP contribution is -2.20. The Morgan fingerprint density at radius 2 is 1.79 bits per heavy atom. The van der Waals surface area contributed by atoms with Gasteiger partial charge in [0, 0.05) is 9.79 Å². The van der Waals surface area contributed by atoms with Gasteiger partial charge in [0.15, 0.2) is 0 Å². The first-order valence-electron chi connectivity index (χ1n) is 7.97. The number of unbranched alkanes of at least 4 members (excludes halogenated alkanes) is 1. The summed E-state index contributed by atoms with van der Waals surface area (Å²) < 4.78 is 5.18. The smallest absolute Gasteiger partial charge is 0.259 e. The maximum atomic E-state index is 12.2. The highest BCUT2D eigenvalue weighted by atomic mass is 32.2. The van der Waals surface area contributed by atoms with E-state index in [2.05, 4.69) is 12.2 Å². The second kappa shape index (κ2) is 7.09. The van der Waals surface area contributed by atoms with Crippen LogP contribution in [0.5, 0.6) is 5.75 Å². The predicted molar refractivity (Wildman–Crippen MR) is 94.0 cm³/mol. The average molecular weight is 341 g/mol. The third-order valence-corrected chi connectivity index (χ3v) is 5.15. The third-order valence-electron chi connectivity index (χ3n) is 4.04. The van der Waals surface area contributed by atoms with Gasteiger partial charge in [-0.25, -0.2) is 0 Å². The number of benzene rings is 2. The molecule has 0 radical (unpaired) electrons. The highest BCUT2D eigenvalue weighted by Gasteiger charge is 2.30. The van der Waals surface area contributed by atoms with E-state index in [0.29, 0.717) is 11.1 Å². The lowest BCUT2D eigenvalue weighted by molar-refractivity contribution is 0.0879. The fourth-order valence-corrected chi connectivity index (χ4v) is 3.77. The summed E-state index contributed by atoms with van der Waals surface area (Å²) in [6, 6.07) is 11.5. The Kier molecular flexibility index (Phi) is 4.90. The molecule has 24 heavy (non-hydrogen) atoms. The van der Waals surface area contributed by atoms with Crippen LogP contribution < -0.4 is 10.1 Å². The number of carbonyl (C=O) groups is 2. The number of methoxy groups -OCH3 is 1. The van der Waals surface area contributed by atoms with Crippen molar-refractivity contribution in [1.82, 2.24) is 5.32 Å². The summed E-state index contributed by atoms with van der Waals surface area (Å²) in [5, 5.41) is 2.40. The van der Waals surface area contributed by atoms with Crippen LogP contribution in [0, 0.1) is 0 Å². The Hall–Kier alpha value is -2.27. The van der Waals surface area contributed by atoms with Gasteiger partial charge in [0.2, 0.25) is 0 Å².